The Morgan fingerprint density at radius 2 is 1.77 bits per heavy atom. The number of methoxy groups -OCH3 is 1. The van der Waals surface area contributed by atoms with Crippen LogP contribution < -0.4 is 24.4 Å². The monoisotopic (exact) mass is 492 g/mol. The van der Waals surface area contributed by atoms with E-state index in [1.165, 1.54) is 11.3 Å². The van der Waals surface area contributed by atoms with Crippen LogP contribution in [-0.4, -0.2) is 30.4 Å². The Kier molecular flexibility index (Phi) is 7.21. The SMILES string of the molecule is CCOc1ccc(/C=c2\sc3n(c2=O)[C@H](c2ccc(OC)cc2)C(C(=O)OC(C)C)=C(C)N=3)cc1. The van der Waals surface area contributed by atoms with Crippen molar-refractivity contribution < 1.29 is 19.0 Å². The first-order valence-corrected chi connectivity index (χ1v) is 12.2. The maximum absolute atomic E-state index is 13.6. The Morgan fingerprint density at radius 3 is 2.37 bits per heavy atom. The number of carbonyl (C=O) groups excluding carboxylic acids is 1. The van der Waals surface area contributed by atoms with Crippen molar-refractivity contribution in [3.8, 4) is 11.5 Å². The van der Waals surface area contributed by atoms with Crippen molar-refractivity contribution >= 4 is 23.4 Å². The number of thiazole rings is 1. The molecule has 4 rings (SSSR count). The van der Waals surface area contributed by atoms with Crippen LogP contribution in [0.5, 0.6) is 11.5 Å². The molecule has 0 bridgehead atoms. The van der Waals surface area contributed by atoms with Crippen LogP contribution in [0.2, 0.25) is 0 Å². The van der Waals surface area contributed by atoms with Gasteiger partial charge >= 0.3 is 5.97 Å². The third kappa shape index (κ3) is 5.07. The summed E-state index contributed by atoms with van der Waals surface area (Å²) in [7, 11) is 1.59. The molecule has 0 aliphatic carbocycles. The number of aromatic nitrogens is 1. The molecule has 1 aliphatic heterocycles. The van der Waals surface area contributed by atoms with E-state index < -0.39 is 12.0 Å². The van der Waals surface area contributed by atoms with Crippen LogP contribution in [0.15, 0.2) is 69.6 Å². The zero-order valence-electron chi connectivity index (χ0n) is 20.4. The molecule has 0 N–H and O–H groups in total. The van der Waals surface area contributed by atoms with Gasteiger partial charge in [0.05, 0.1) is 41.7 Å². The zero-order valence-corrected chi connectivity index (χ0v) is 21.2. The highest BCUT2D eigenvalue weighted by Gasteiger charge is 2.33. The molecule has 0 amide bonds. The smallest absolute Gasteiger partial charge is 0.338 e. The van der Waals surface area contributed by atoms with Gasteiger partial charge in [0.15, 0.2) is 4.80 Å². The number of nitrogens with zero attached hydrogens (tertiary/aromatic N) is 2. The summed E-state index contributed by atoms with van der Waals surface area (Å²) in [6.07, 6.45) is 1.53. The first-order chi connectivity index (χ1) is 16.8. The van der Waals surface area contributed by atoms with Gasteiger partial charge in [-0.25, -0.2) is 9.79 Å². The van der Waals surface area contributed by atoms with Gasteiger partial charge in [-0.05, 0) is 69.2 Å². The van der Waals surface area contributed by atoms with E-state index >= 15 is 0 Å². The van der Waals surface area contributed by atoms with Gasteiger partial charge in [0.1, 0.15) is 11.5 Å². The van der Waals surface area contributed by atoms with Crippen molar-refractivity contribution in [2.45, 2.75) is 39.8 Å². The quantitative estimate of drug-likeness (QED) is 0.471. The molecule has 7 nitrogen and oxygen atoms in total. The van der Waals surface area contributed by atoms with E-state index in [1.807, 2.05) is 61.5 Å². The second-order valence-corrected chi connectivity index (χ2v) is 9.32. The van der Waals surface area contributed by atoms with E-state index in [4.69, 9.17) is 14.2 Å². The number of fused-ring (bicyclic) bond motifs is 1. The number of hydrogen-bond acceptors (Lipinski definition) is 7. The summed E-state index contributed by atoms with van der Waals surface area (Å²) < 4.78 is 18.4. The van der Waals surface area contributed by atoms with Crippen LogP contribution >= 0.6 is 11.3 Å². The van der Waals surface area contributed by atoms with Crippen molar-refractivity contribution in [3.05, 3.63) is 90.6 Å². The lowest BCUT2D eigenvalue weighted by Gasteiger charge is -2.25. The van der Waals surface area contributed by atoms with Gasteiger partial charge in [-0.1, -0.05) is 35.6 Å². The van der Waals surface area contributed by atoms with E-state index in [9.17, 15) is 9.59 Å². The molecule has 1 aliphatic rings. The molecular weight excluding hydrogens is 464 g/mol. The predicted molar refractivity (Wildman–Crippen MR) is 136 cm³/mol. The van der Waals surface area contributed by atoms with E-state index in [1.54, 1.807) is 32.4 Å². The van der Waals surface area contributed by atoms with Gasteiger partial charge in [-0.2, -0.15) is 0 Å². The minimum absolute atomic E-state index is 0.217. The number of hydrogen-bond donors (Lipinski definition) is 0. The first kappa shape index (κ1) is 24.5. The zero-order chi connectivity index (χ0) is 25.1. The molecule has 3 aromatic rings. The lowest BCUT2D eigenvalue weighted by atomic mass is 9.96. The molecule has 0 spiro atoms. The molecule has 8 heteroatoms. The second-order valence-electron chi connectivity index (χ2n) is 8.31. The standard InChI is InChI=1S/C27H28N2O5S/c1-6-33-21-11-7-18(8-12-21)15-22-25(30)29-24(19-9-13-20(32-5)14-10-19)23(26(31)34-16(2)3)17(4)28-27(29)35-22/h7-16,24H,6H2,1-5H3/b22-15-/t24-/m1/s1. The van der Waals surface area contributed by atoms with E-state index in [2.05, 4.69) is 4.99 Å². The van der Waals surface area contributed by atoms with Crippen molar-refractivity contribution in [2.75, 3.05) is 13.7 Å². The summed E-state index contributed by atoms with van der Waals surface area (Å²) in [5.41, 5.74) is 2.31. The Balaban J connectivity index is 1.87. The summed E-state index contributed by atoms with van der Waals surface area (Å²) in [4.78, 5) is 31.9. The van der Waals surface area contributed by atoms with Crippen LogP contribution in [-0.2, 0) is 9.53 Å². The van der Waals surface area contributed by atoms with Gasteiger partial charge in [-0.3, -0.25) is 9.36 Å². The highest BCUT2D eigenvalue weighted by atomic mass is 32.1. The van der Waals surface area contributed by atoms with Crippen LogP contribution in [0.1, 0.15) is 44.9 Å². The fourth-order valence-corrected chi connectivity index (χ4v) is 4.99. The Morgan fingerprint density at radius 1 is 1.11 bits per heavy atom. The van der Waals surface area contributed by atoms with Crippen LogP contribution in [0, 0.1) is 0 Å². The summed E-state index contributed by atoms with van der Waals surface area (Å²) in [6, 6.07) is 14.2. The van der Waals surface area contributed by atoms with Crippen LogP contribution in [0.3, 0.4) is 0 Å². The lowest BCUT2D eigenvalue weighted by molar-refractivity contribution is -0.143. The molecule has 2 aromatic carbocycles. The summed E-state index contributed by atoms with van der Waals surface area (Å²) in [6.45, 7) is 7.88. The van der Waals surface area contributed by atoms with Gasteiger partial charge in [0.25, 0.3) is 5.56 Å². The Labute approximate surface area is 207 Å². The van der Waals surface area contributed by atoms with Crippen LogP contribution in [0.25, 0.3) is 6.08 Å². The Bertz CT molecular complexity index is 1430. The van der Waals surface area contributed by atoms with E-state index in [-0.39, 0.29) is 11.7 Å². The van der Waals surface area contributed by atoms with Crippen LogP contribution in [0.4, 0.5) is 0 Å². The number of esters is 1. The van der Waals surface area contributed by atoms with Gasteiger partial charge in [-0.15, -0.1) is 0 Å². The van der Waals surface area contributed by atoms with E-state index in [0.717, 1.165) is 16.9 Å². The molecule has 0 saturated carbocycles. The van der Waals surface area contributed by atoms with Crippen molar-refractivity contribution in [1.29, 1.82) is 0 Å². The number of allylic oxidation sites excluding steroid dienone is 1. The second kappa shape index (κ2) is 10.3. The van der Waals surface area contributed by atoms with E-state index in [0.29, 0.717) is 33.0 Å². The summed E-state index contributed by atoms with van der Waals surface area (Å²) in [5.74, 6) is 0.973. The normalized spacial score (nSPS) is 15.6. The van der Waals surface area contributed by atoms with Crippen molar-refractivity contribution in [3.63, 3.8) is 0 Å². The minimum Gasteiger partial charge on any atom is -0.497 e. The molecule has 1 aromatic heterocycles. The molecule has 0 unspecified atom stereocenters. The molecule has 0 saturated heterocycles. The lowest BCUT2D eigenvalue weighted by Crippen LogP contribution is -2.40. The first-order valence-electron chi connectivity index (χ1n) is 11.4. The van der Waals surface area contributed by atoms with Gasteiger partial charge in [0, 0.05) is 0 Å². The fraction of sp³-hybridized carbons (Fsp3) is 0.296. The number of carbonyl (C=O) groups is 1. The predicted octanol–water partition coefficient (Wildman–Crippen LogP) is 3.59. The largest absolute Gasteiger partial charge is 0.497 e. The Hall–Kier alpha value is -3.65. The summed E-state index contributed by atoms with van der Waals surface area (Å²) >= 11 is 1.29. The highest BCUT2D eigenvalue weighted by molar-refractivity contribution is 7.07. The highest BCUT2D eigenvalue weighted by Crippen LogP contribution is 2.31. The number of rotatable bonds is 7. The molecule has 0 fully saturated rings. The minimum atomic E-state index is -0.661. The topological polar surface area (TPSA) is 79.1 Å². The molecule has 35 heavy (non-hydrogen) atoms. The number of benzene rings is 2. The maximum atomic E-state index is 13.6. The average Bonchev–Trinajstić information content (AvgIpc) is 3.13. The van der Waals surface area contributed by atoms with Gasteiger partial charge < -0.3 is 14.2 Å². The third-order valence-electron chi connectivity index (χ3n) is 5.50. The molecule has 2 heterocycles. The molecule has 0 radical (unpaired) electrons. The van der Waals surface area contributed by atoms with Gasteiger partial charge in [0.2, 0.25) is 0 Å². The molecule has 1 atom stereocenters. The summed E-state index contributed by atoms with van der Waals surface area (Å²) in [5, 5.41) is 0. The molecule has 182 valence electrons. The van der Waals surface area contributed by atoms with Crippen molar-refractivity contribution in [1.82, 2.24) is 4.57 Å². The average molecular weight is 493 g/mol. The van der Waals surface area contributed by atoms with Crippen molar-refractivity contribution in [2.24, 2.45) is 4.99 Å². The molecular formula is C27H28N2O5S. The maximum Gasteiger partial charge on any atom is 0.338 e. The third-order valence-corrected chi connectivity index (χ3v) is 6.49. The number of ether oxygens (including phenoxy) is 3. The fourth-order valence-electron chi connectivity index (χ4n) is 3.94.